The second-order valence-electron chi connectivity index (χ2n) is 3.37. The van der Waals surface area contributed by atoms with E-state index in [0.29, 0.717) is 10.7 Å². The molecule has 0 saturated heterocycles. The van der Waals surface area contributed by atoms with Crippen LogP contribution in [0.15, 0.2) is 35.4 Å². The fourth-order valence-corrected chi connectivity index (χ4v) is 2.22. The Bertz CT molecular complexity index is 522. The predicted molar refractivity (Wildman–Crippen MR) is 71.3 cm³/mol. The summed E-state index contributed by atoms with van der Waals surface area (Å²) in [6, 6.07) is 7.11. The molecule has 0 atom stereocenters. The molecule has 0 aliphatic rings. The Hall–Kier alpha value is -1.37. The van der Waals surface area contributed by atoms with Gasteiger partial charge in [-0.05, 0) is 43.1 Å². The normalized spacial score (nSPS) is 10.2. The lowest BCUT2D eigenvalue weighted by Crippen LogP contribution is -2.11. The van der Waals surface area contributed by atoms with Crippen molar-refractivity contribution in [1.29, 1.82) is 0 Å². The van der Waals surface area contributed by atoms with Crippen molar-refractivity contribution in [1.82, 2.24) is 4.98 Å². The molecule has 88 valence electrons. The largest absolute Gasteiger partial charge is 0.298 e. The highest BCUT2D eigenvalue weighted by atomic mass is 32.2. The summed E-state index contributed by atoms with van der Waals surface area (Å²) in [4.78, 5) is 17.9. The fourth-order valence-electron chi connectivity index (χ4n) is 1.27. The number of nitrogens with two attached hydrogens (primary N) is 1. The van der Waals surface area contributed by atoms with Crippen LogP contribution in [0, 0.1) is 6.92 Å². The molecule has 0 unspecified atom stereocenters. The van der Waals surface area contributed by atoms with E-state index in [9.17, 15) is 4.79 Å². The molecular weight excluding hydrogens is 254 g/mol. The number of nitrogens with zero attached hydrogens (tertiary/aromatic N) is 1. The van der Waals surface area contributed by atoms with E-state index in [1.807, 2.05) is 19.1 Å². The highest BCUT2D eigenvalue weighted by Crippen LogP contribution is 2.18. The first-order valence-electron chi connectivity index (χ1n) is 4.89. The molecule has 1 amide bonds. The summed E-state index contributed by atoms with van der Waals surface area (Å²) in [5.74, 6) is -0.159. The van der Waals surface area contributed by atoms with Crippen LogP contribution in [0.1, 0.15) is 15.2 Å². The highest BCUT2D eigenvalue weighted by Gasteiger charge is 2.07. The Balaban J connectivity index is 2.09. The second kappa shape index (κ2) is 5.31. The Morgan fingerprint density at radius 3 is 2.65 bits per heavy atom. The van der Waals surface area contributed by atoms with Crippen LogP contribution >= 0.6 is 23.3 Å². The number of aromatic nitrogens is 1. The van der Waals surface area contributed by atoms with E-state index in [1.165, 1.54) is 11.3 Å². The van der Waals surface area contributed by atoms with Gasteiger partial charge in [0.1, 0.15) is 0 Å². The van der Waals surface area contributed by atoms with Crippen molar-refractivity contribution < 1.29 is 4.79 Å². The quantitative estimate of drug-likeness (QED) is 0.837. The average molecular weight is 265 g/mol. The van der Waals surface area contributed by atoms with Crippen LogP contribution in [-0.2, 0) is 0 Å². The molecule has 17 heavy (non-hydrogen) atoms. The van der Waals surface area contributed by atoms with Crippen LogP contribution < -0.4 is 10.5 Å². The molecule has 1 aromatic carbocycles. The topological polar surface area (TPSA) is 68.0 Å². The molecule has 1 aromatic heterocycles. The molecule has 0 aliphatic heterocycles. The summed E-state index contributed by atoms with van der Waals surface area (Å²) in [5.41, 5.74) is 0.593. The SMILES string of the molecule is Cc1cnc(NC(=O)c2ccc(SN)cc2)s1. The highest BCUT2D eigenvalue weighted by molar-refractivity contribution is 7.97. The molecule has 2 rings (SSSR count). The third-order valence-corrected chi connectivity index (χ3v) is 3.47. The number of carbonyl (C=O) groups is 1. The maximum absolute atomic E-state index is 11.8. The van der Waals surface area contributed by atoms with Crippen molar-refractivity contribution in [2.45, 2.75) is 11.8 Å². The number of anilines is 1. The van der Waals surface area contributed by atoms with Crippen molar-refractivity contribution in [3.63, 3.8) is 0 Å². The minimum absolute atomic E-state index is 0.159. The molecule has 0 fully saturated rings. The number of hydrogen-bond donors (Lipinski definition) is 2. The summed E-state index contributed by atoms with van der Waals surface area (Å²) < 4.78 is 0. The third-order valence-electron chi connectivity index (χ3n) is 2.09. The van der Waals surface area contributed by atoms with Crippen LogP contribution in [0.25, 0.3) is 0 Å². The first kappa shape index (κ1) is 12.1. The third kappa shape index (κ3) is 3.06. The zero-order chi connectivity index (χ0) is 12.3. The molecule has 2 aromatic rings. The summed E-state index contributed by atoms with van der Waals surface area (Å²) in [6.45, 7) is 1.95. The molecular formula is C11H11N3OS2. The average Bonchev–Trinajstić information content (AvgIpc) is 2.75. The van der Waals surface area contributed by atoms with Crippen molar-refractivity contribution in [3.05, 3.63) is 40.9 Å². The summed E-state index contributed by atoms with van der Waals surface area (Å²) >= 11 is 2.61. The molecule has 0 spiro atoms. The molecule has 1 heterocycles. The monoisotopic (exact) mass is 265 g/mol. The molecule has 0 bridgehead atoms. The van der Waals surface area contributed by atoms with Gasteiger partial charge in [-0.15, -0.1) is 11.3 Å². The number of amides is 1. The maximum Gasteiger partial charge on any atom is 0.257 e. The van der Waals surface area contributed by atoms with Gasteiger partial charge in [-0.25, -0.2) is 4.98 Å². The number of carbonyl (C=O) groups excluding carboxylic acids is 1. The molecule has 0 saturated carbocycles. The minimum Gasteiger partial charge on any atom is -0.298 e. The fraction of sp³-hybridized carbons (Fsp3) is 0.0909. The molecule has 4 nitrogen and oxygen atoms in total. The summed E-state index contributed by atoms with van der Waals surface area (Å²) in [7, 11) is 0. The number of hydrogen-bond acceptors (Lipinski definition) is 5. The van der Waals surface area contributed by atoms with Crippen LogP contribution in [0.5, 0.6) is 0 Å². The Kier molecular flexibility index (Phi) is 3.78. The van der Waals surface area contributed by atoms with Gasteiger partial charge in [0, 0.05) is 21.5 Å². The minimum atomic E-state index is -0.159. The van der Waals surface area contributed by atoms with Gasteiger partial charge >= 0.3 is 0 Å². The van der Waals surface area contributed by atoms with E-state index in [-0.39, 0.29) is 5.91 Å². The zero-order valence-electron chi connectivity index (χ0n) is 9.14. The van der Waals surface area contributed by atoms with Gasteiger partial charge in [0.25, 0.3) is 5.91 Å². The smallest absolute Gasteiger partial charge is 0.257 e. The van der Waals surface area contributed by atoms with Gasteiger partial charge in [0.2, 0.25) is 0 Å². The predicted octanol–water partition coefficient (Wildman–Crippen LogP) is 2.67. The van der Waals surface area contributed by atoms with E-state index in [4.69, 9.17) is 5.14 Å². The Morgan fingerprint density at radius 2 is 2.12 bits per heavy atom. The van der Waals surface area contributed by atoms with E-state index in [0.717, 1.165) is 21.7 Å². The van der Waals surface area contributed by atoms with Crippen molar-refractivity contribution in [2.24, 2.45) is 5.14 Å². The van der Waals surface area contributed by atoms with Gasteiger partial charge in [-0.3, -0.25) is 15.3 Å². The first-order valence-corrected chi connectivity index (χ1v) is 6.59. The van der Waals surface area contributed by atoms with Crippen molar-refractivity contribution in [3.8, 4) is 0 Å². The molecule has 0 radical (unpaired) electrons. The standard InChI is InChI=1S/C11H11N3OS2/c1-7-6-13-11(16-7)14-10(15)8-2-4-9(17-12)5-3-8/h2-6H,12H2,1H3,(H,13,14,15). The van der Waals surface area contributed by atoms with Crippen LogP contribution in [-0.4, -0.2) is 10.9 Å². The summed E-state index contributed by atoms with van der Waals surface area (Å²) in [5, 5.41) is 8.77. The van der Waals surface area contributed by atoms with Gasteiger partial charge in [0.15, 0.2) is 5.13 Å². The van der Waals surface area contributed by atoms with Crippen molar-refractivity contribution in [2.75, 3.05) is 5.32 Å². The first-order chi connectivity index (χ1) is 8.19. The lowest BCUT2D eigenvalue weighted by Gasteiger charge is -2.02. The second-order valence-corrected chi connectivity index (χ2v) is 5.31. The molecule has 0 aliphatic carbocycles. The van der Waals surface area contributed by atoms with Crippen LogP contribution in [0.3, 0.4) is 0 Å². The summed E-state index contributed by atoms with van der Waals surface area (Å²) in [6.07, 6.45) is 1.73. The van der Waals surface area contributed by atoms with Gasteiger partial charge in [0.05, 0.1) is 0 Å². The molecule has 3 N–H and O–H groups in total. The number of aryl methyl sites for hydroxylation is 1. The Morgan fingerprint density at radius 1 is 1.41 bits per heavy atom. The molecule has 6 heteroatoms. The lowest BCUT2D eigenvalue weighted by atomic mass is 10.2. The number of nitrogens with one attached hydrogen (secondary N) is 1. The zero-order valence-corrected chi connectivity index (χ0v) is 10.8. The van der Waals surface area contributed by atoms with E-state index >= 15 is 0 Å². The van der Waals surface area contributed by atoms with Gasteiger partial charge in [-0.1, -0.05) is 0 Å². The number of thiazole rings is 1. The lowest BCUT2D eigenvalue weighted by molar-refractivity contribution is 0.102. The van der Waals surface area contributed by atoms with Crippen LogP contribution in [0.2, 0.25) is 0 Å². The van der Waals surface area contributed by atoms with Gasteiger partial charge < -0.3 is 0 Å². The Labute approximate surface area is 107 Å². The van der Waals surface area contributed by atoms with E-state index in [2.05, 4.69) is 10.3 Å². The van der Waals surface area contributed by atoms with E-state index < -0.39 is 0 Å². The van der Waals surface area contributed by atoms with Crippen LogP contribution in [0.4, 0.5) is 5.13 Å². The maximum atomic E-state index is 11.8. The van der Waals surface area contributed by atoms with Gasteiger partial charge in [-0.2, -0.15) is 0 Å². The van der Waals surface area contributed by atoms with E-state index in [1.54, 1.807) is 18.3 Å². The number of benzene rings is 1. The number of rotatable bonds is 3. The van der Waals surface area contributed by atoms with Crippen molar-refractivity contribution >= 4 is 34.3 Å².